The Bertz CT molecular complexity index is 223. The first-order valence-electron chi connectivity index (χ1n) is 6.39. The number of nitrogens with one attached hydrogen (secondary N) is 2. The highest BCUT2D eigenvalue weighted by molar-refractivity contribution is 5.85. The van der Waals surface area contributed by atoms with E-state index in [2.05, 4.69) is 10.6 Å². The lowest BCUT2D eigenvalue weighted by molar-refractivity contribution is -0.135. The molecule has 0 aromatic rings. The van der Waals surface area contributed by atoms with Crippen molar-refractivity contribution in [1.29, 1.82) is 0 Å². The summed E-state index contributed by atoms with van der Waals surface area (Å²) in [6.45, 7) is 4.50. The molecule has 5 nitrogen and oxygen atoms in total. The minimum atomic E-state index is -0.405. The fourth-order valence-corrected chi connectivity index (χ4v) is 1.72. The zero-order valence-corrected chi connectivity index (χ0v) is 12.1. The number of likely N-dealkylation sites (N-methyl/N-ethyl adjacent to an activating group) is 1. The summed E-state index contributed by atoms with van der Waals surface area (Å²) in [4.78, 5) is 11.6. The van der Waals surface area contributed by atoms with Crippen molar-refractivity contribution >= 4 is 18.3 Å². The van der Waals surface area contributed by atoms with Crippen LogP contribution in [0.4, 0.5) is 0 Å². The average molecular weight is 281 g/mol. The molecule has 1 amide bonds. The molecule has 2 unspecified atom stereocenters. The maximum Gasteiger partial charge on any atom is 0.248 e. The van der Waals surface area contributed by atoms with E-state index in [1.165, 1.54) is 6.42 Å². The minimum absolute atomic E-state index is 0. The first-order chi connectivity index (χ1) is 8.24. The Morgan fingerprint density at radius 1 is 1.44 bits per heavy atom. The van der Waals surface area contributed by atoms with Crippen LogP contribution in [0.5, 0.6) is 0 Å². The van der Waals surface area contributed by atoms with Crippen molar-refractivity contribution in [1.82, 2.24) is 10.6 Å². The van der Waals surface area contributed by atoms with Gasteiger partial charge in [-0.2, -0.15) is 0 Å². The van der Waals surface area contributed by atoms with Gasteiger partial charge in [-0.1, -0.05) is 0 Å². The summed E-state index contributed by atoms with van der Waals surface area (Å²) < 4.78 is 11.1. The number of carbonyl (C=O) groups is 1. The van der Waals surface area contributed by atoms with Crippen LogP contribution in [0, 0.1) is 0 Å². The van der Waals surface area contributed by atoms with Gasteiger partial charge < -0.3 is 20.1 Å². The predicted molar refractivity (Wildman–Crippen MR) is 73.2 cm³/mol. The molecule has 6 heteroatoms. The lowest BCUT2D eigenvalue weighted by Gasteiger charge is -2.23. The molecule has 18 heavy (non-hydrogen) atoms. The van der Waals surface area contributed by atoms with E-state index in [1.807, 2.05) is 7.05 Å². The molecule has 1 heterocycles. The third kappa shape index (κ3) is 7.16. The van der Waals surface area contributed by atoms with Crippen LogP contribution in [0.25, 0.3) is 0 Å². The van der Waals surface area contributed by atoms with Crippen LogP contribution in [0.2, 0.25) is 0 Å². The molecule has 108 valence electrons. The molecule has 1 aliphatic rings. The molecule has 2 N–H and O–H groups in total. The number of hydrogen-bond acceptors (Lipinski definition) is 4. The van der Waals surface area contributed by atoms with Gasteiger partial charge in [-0.3, -0.25) is 4.79 Å². The molecule has 0 aromatic carbocycles. The van der Waals surface area contributed by atoms with E-state index in [9.17, 15) is 4.79 Å². The van der Waals surface area contributed by atoms with Gasteiger partial charge in [-0.05, 0) is 33.2 Å². The van der Waals surface area contributed by atoms with Crippen LogP contribution >= 0.6 is 12.4 Å². The SMILES string of the molecule is CNCCNC(=O)C(C)OCC1CCCCO1.Cl. The highest BCUT2D eigenvalue weighted by atomic mass is 35.5. The Labute approximate surface area is 115 Å². The number of hydrogen-bond donors (Lipinski definition) is 2. The first kappa shape index (κ1) is 17.6. The maximum atomic E-state index is 11.6. The summed E-state index contributed by atoms with van der Waals surface area (Å²) in [5, 5.41) is 5.77. The van der Waals surface area contributed by atoms with Crippen LogP contribution in [0.15, 0.2) is 0 Å². The Balaban J connectivity index is 0.00000289. The van der Waals surface area contributed by atoms with Gasteiger partial charge >= 0.3 is 0 Å². The number of amides is 1. The molecule has 1 fully saturated rings. The van der Waals surface area contributed by atoms with Gasteiger partial charge in [0.25, 0.3) is 0 Å². The van der Waals surface area contributed by atoms with E-state index in [0.717, 1.165) is 26.0 Å². The topological polar surface area (TPSA) is 59.6 Å². The van der Waals surface area contributed by atoms with E-state index in [0.29, 0.717) is 13.2 Å². The Kier molecular flexibility index (Phi) is 10.3. The largest absolute Gasteiger partial charge is 0.376 e. The highest BCUT2D eigenvalue weighted by Crippen LogP contribution is 2.13. The van der Waals surface area contributed by atoms with Gasteiger partial charge in [-0.15, -0.1) is 12.4 Å². The number of rotatable bonds is 7. The fraction of sp³-hybridized carbons (Fsp3) is 0.917. The predicted octanol–water partition coefficient (Wildman–Crippen LogP) is 0.718. The Morgan fingerprint density at radius 2 is 2.22 bits per heavy atom. The van der Waals surface area contributed by atoms with Crippen LogP contribution in [0.1, 0.15) is 26.2 Å². The third-order valence-corrected chi connectivity index (χ3v) is 2.85. The van der Waals surface area contributed by atoms with Crippen LogP contribution in [-0.4, -0.2) is 51.5 Å². The molecule has 0 aliphatic carbocycles. The summed E-state index contributed by atoms with van der Waals surface area (Å²) in [6, 6.07) is 0. The fourth-order valence-electron chi connectivity index (χ4n) is 1.72. The highest BCUT2D eigenvalue weighted by Gasteiger charge is 2.18. The zero-order valence-electron chi connectivity index (χ0n) is 11.2. The number of halogens is 1. The van der Waals surface area contributed by atoms with Gasteiger partial charge in [0.15, 0.2) is 0 Å². The standard InChI is InChI=1S/C12H24N2O3.ClH/c1-10(12(15)14-7-6-13-2)17-9-11-5-3-4-8-16-11;/h10-11,13H,3-9H2,1-2H3,(H,14,15);1H. The van der Waals surface area contributed by atoms with Crippen molar-refractivity contribution in [3.63, 3.8) is 0 Å². The minimum Gasteiger partial charge on any atom is -0.376 e. The van der Waals surface area contributed by atoms with E-state index in [4.69, 9.17) is 9.47 Å². The van der Waals surface area contributed by atoms with Crippen LogP contribution in [0.3, 0.4) is 0 Å². The van der Waals surface area contributed by atoms with Crippen molar-refractivity contribution in [3.8, 4) is 0 Å². The quantitative estimate of drug-likeness (QED) is 0.675. The molecule has 2 atom stereocenters. The molecule has 0 saturated carbocycles. The summed E-state index contributed by atoms with van der Waals surface area (Å²) in [6.07, 6.45) is 3.12. The maximum absolute atomic E-state index is 11.6. The van der Waals surface area contributed by atoms with Crippen LogP contribution < -0.4 is 10.6 Å². The monoisotopic (exact) mass is 280 g/mol. The Morgan fingerprint density at radius 3 is 2.83 bits per heavy atom. The summed E-state index contributed by atoms with van der Waals surface area (Å²) >= 11 is 0. The van der Waals surface area contributed by atoms with Crippen molar-refractivity contribution in [2.75, 3.05) is 33.4 Å². The smallest absolute Gasteiger partial charge is 0.248 e. The first-order valence-corrected chi connectivity index (χ1v) is 6.39. The zero-order chi connectivity index (χ0) is 12.5. The molecule has 0 radical (unpaired) electrons. The van der Waals surface area contributed by atoms with Gasteiger partial charge in [-0.25, -0.2) is 0 Å². The normalized spacial score (nSPS) is 20.9. The van der Waals surface area contributed by atoms with Gasteiger partial charge in [0.2, 0.25) is 5.91 Å². The third-order valence-electron chi connectivity index (χ3n) is 2.85. The molecule has 0 aromatic heterocycles. The van der Waals surface area contributed by atoms with Gasteiger partial charge in [0.05, 0.1) is 12.7 Å². The molecular formula is C12H25ClN2O3. The van der Waals surface area contributed by atoms with Gasteiger partial charge in [0, 0.05) is 19.7 Å². The molecule has 1 aliphatic heterocycles. The van der Waals surface area contributed by atoms with E-state index in [-0.39, 0.29) is 24.4 Å². The van der Waals surface area contributed by atoms with E-state index in [1.54, 1.807) is 6.92 Å². The summed E-state index contributed by atoms with van der Waals surface area (Å²) in [5.74, 6) is -0.0592. The summed E-state index contributed by atoms with van der Waals surface area (Å²) in [7, 11) is 1.85. The van der Waals surface area contributed by atoms with E-state index >= 15 is 0 Å². The Hall–Kier alpha value is -0.360. The average Bonchev–Trinajstić information content (AvgIpc) is 2.37. The lowest BCUT2D eigenvalue weighted by Crippen LogP contribution is -2.39. The number of ether oxygens (including phenoxy) is 2. The molecule has 0 bridgehead atoms. The lowest BCUT2D eigenvalue weighted by atomic mass is 10.1. The van der Waals surface area contributed by atoms with Crippen molar-refractivity contribution in [2.24, 2.45) is 0 Å². The molecule has 1 saturated heterocycles. The van der Waals surface area contributed by atoms with Gasteiger partial charge in [0.1, 0.15) is 6.10 Å². The van der Waals surface area contributed by atoms with Crippen LogP contribution in [-0.2, 0) is 14.3 Å². The molecule has 1 rings (SSSR count). The van der Waals surface area contributed by atoms with E-state index < -0.39 is 6.10 Å². The second kappa shape index (κ2) is 10.6. The number of carbonyl (C=O) groups excluding carboxylic acids is 1. The second-order valence-corrected chi connectivity index (χ2v) is 4.36. The van der Waals surface area contributed by atoms with Crippen molar-refractivity contribution in [3.05, 3.63) is 0 Å². The molecule has 0 spiro atoms. The molecular weight excluding hydrogens is 256 g/mol. The second-order valence-electron chi connectivity index (χ2n) is 4.36. The summed E-state index contributed by atoms with van der Waals surface area (Å²) in [5.41, 5.74) is 0. The van der Waals surface area contributed by atoms with Crippen molar-refractivity contribution < 1.29 is 14.3 Å². The van der Waals surface area contributed by atoms with Crippen molar-refractivity contribution in [2.45, 2.75) is 38.4 Å².